The minimum Gasteiger partial charge on any atom is -0.404 e. The van der Waals surface area contributed by atoms with Crippen molar-refractivity contribution >= 4 is 11.9 Å². The summed E-state index contributed by atoms with van der Waals surface area (Å²) >= 11 is 1.53. The number of nitrogens with zero attached hydrogens (tertiary/aromatic N) is 3. The standard InChI is InChI=1S/C20H26F3N3O2S/c21-20(22,23)28-16-1-2-17(24-10-16)29-26-7-5-18(6-8-26)4-3-15(9-18)25-11-19(12-25)13-27-14-19/h1-2,10,15H,3-9,11-14H2. The van der Waals surface area contributed by atoms with Crippen molar-refractivity contribution in [2.24, 2.45) is 10.8 Å². The summed E-state index contributed by atoms with van der Waals surface area (Å²) in [4.78, 5) is 6.78. The average Bonchev–Trinajstić information content (AvgIpc) is 2.99. The van der Waals surface area contributed by atoms with E-state index in [0.29, 0.717) is 15.9 Å². The summed E-state index contributed by atoms with van der Waals surface area (Å²) in [6.45, 7) is 6.33. The van der Waals surface area contributed by atoms with Gasteiger partial charge in [-0.05, 0) is 61.6 Å². The largest absolute Gasteiger partial charge is 0.573 e. The first-order valence-corrected chi connectivity index (χ1v) is 11.1. The maximum atomic E-state index is 12.3. The molecule has 1 unspecified atom stereocenters. The molecule has 0 N–H and O–H groups in total. The molecule has 4 fully saturated rings. The van der Waals surface area contributed by atoms with E-state index in [1.807, 2.05) is 0 Å². The van der Waals surface area contributed by atoms with E-state index in [1.165, 1.54) is 63.2 Å². The lowest BCUT2D eigenvalue weighted by molar-refractivity contribution is -0.274. The number of aromatic nitrogens is 1. The fourth-order valence-electron chi connectivity index (χ4n) is 5.39. The fraction of sp³-hybridized carbons (Fsp3) is 0.750. The van der Waals surface area contributed by atoms with Crippen LogP contribution in [-0.2, 0) is 4.74 Å². The molecule has 0 amide bonds. The Morgan fingerprint density at radius 1 is 1.10 bits per heavy atom. The second-order valence-corrected chi connectivity index (χ2v) is 10.3. The van der Waals surface area contributed by atoms with Gasteiger partial charge in [-0.3, -0.25) is 4.90 Å². The molecule has 0 radical (unpaired) electrons. The third kappa shape index (κ3) is 4.24. The van der Waals surface area contributed by atoms with Gasteiger partial charge in [-0.15, -0.1) is 13.2 Å². The quantitative estimate of drug-likeness (QED) is 0.675. The maximum Gasteiger partial charge on any atom is 0.573 e. The molecule has 3 aliphatic heterocycles. The summed E-state index contributed by atoms with van der Waals surface area (Å²) in [5.41, 5.74) is 0.960. The van der Waals surface area contributed by atoms with Crippen molar-refractivity contribution in [3.05, 3.63) is 18.3 Å². The van der Waals surface area contributed by atoms with E-state index in [0.717, 1.165) is 38.5 Å². The zero-order valence-corrected chi connectivity index (χ0v) is 17.1. The first-order chi connectivity index (χ1) is 13.8. The van der Waals surface area contributed by atoms with Crippen LogP contribution in [0.2, 0.25) is 0 Å². The topological polar surface area (TPSA) is 37.8 Å². The molecule has 160 valence electrons. The molecule has 3 saturated heterocycles. The number of piperidine rings is 1. The van der Waals surface area contributed by atoms with E-state index >= 15 is 0 Å². The minimum atomic E-state index is -4.68. The van der Waals surface area contributed by atoms with Crippen molar-refractivity contribution in [3.8, 4) is 5.75 Å². The van der Waals surface area contributed by atoms with Gasteiger partial charge in [0.25, 0.3) is 0 Å². The highest BCUT2D eigenvalue weighted by atomic mass is 32.2. The Morgan fingerprint density at radius 2 is 1.86 bits per heavy atom. The predicted molar refractivity (Wildman–Crippen MR) is 102 cm³/mol. The normalized spacial score (nSPS) is 29.0. The molecule has 1 aromatic heterocycles. The fourth-order valence-corrected chi connectivity index (χ4v) is 6.25. The molecule has 4 aliphatic rings. The molecule has 1 saturated carbocycles. The number of rotatable bonds is 4. The Kier molecular flexibility index (Phi) is 5.00. The highest BCUT2D eigenvalue weighted by Crippen LogP contribution is 2.51. The SMILES string of the molecule is FC(F)(F)Oc1ccc(SN2CCC3(CCC(N4CC5(COC5)C4)C3)CC2)nc1. The van der Waals surface area contributed by atoms with Gasteiger partial charge in [0, 0.05) is 37.6 Å². The van der Waals surface area contributed by atoms with Crippen LogP contribution in [0.4, 0.5) is 13.2 Å². The van der Waals surface area contributed by atoms with E-state index in [4.69, 9.17) is 4.74 Å². The van der Waals surface area contributed by atoms with Crippen LogP contribution >= 0.6 is 11.9 Å². The predicted octanol–water partition coefficient (Wildman–Crippen LogP) is 3.95. The first kappa shape index (κ1) is 19.9. The highest BCUT2D eigenvalue weighted by Gasteiger charge is 2.53. The molecule has 1 aromatic rings. The zero-order chi connectivity index (χ0) is 20.1. The van der Waals surface area contributed by atoms with E-state index in [-0.39, 0.29) is 5.75 Å². The molecule has 29 heavy (non-hydrogen) atoms. The molecule has 9 heteroatoms. The van der Waals surface area contributed by atoms with Gasteiger partial charge in [0.15, 0.2) is 0 Å². The van der Waals surface area contributed by atoms with Crippen molar-refractivity contribution in [2.45, 2.75) is 49.5 Å². The second-order valence-electron chi connectivity index (χ2n) is 9.19. The lowest BCUT2D eigenvalue weighted by Gasteiger charge is -2.57. The molecule has 0 bridgehead atoms. The van der Waals surface area contributed by atoms with Crippen LogP contribution < -0.4 is 4.74 Å². The molecule has 5 rings (SSSR count). The molecule has 1 atom stereocenters. The first-order valence-electron chi connectivity index (χ1n) is 10.3. The van der Waals surface area contributed by atoms with Crippen molar-refractivity contribution in [2.75, 3.05) is 39.4 Å². The summed E-state index contributed by atoms with van der Waals surface area (Å²) in [6, 6.07) is 3.65. The minimum absolute atomic E-state index is 0.280. The van der Waals surface area contributed by atoms with E-state index in [2.05, 4.69) is 18.9 Å². The summed E-state index contributed by atoms with van der Waals surface area (Å²) in [6.07, 6.45) is 2.77. The maximum absolute atomic E-state index is 12.3. The second kappa shape index (κ2) is 7.28. The van der Waals surface area contributed by atoms with Gasteiger partial charge in [0.1, 0.15) is 10.8 Å². The lowest BCUT2D eigenvalue weighted by Crippen LogP contribution is -2.67. The number of hydrogen-bond donors (Lipinski definition) is 0. The highest BCUT2D eigenvalue weighted by molar-refractivity contribution is 7.97. The molecule has 0 aromatic carbocycles. The number of halogens is 3. The van der Waals surface area contributed by atoms with Crippen molar-refractivity contribution in [1.29, 1.82) is 0 Å². The van der Waals surface area contributed by atoms with Gasteiger partial charge in [-0.25, -0.2) is 9.29 Å². The Hall–Kier alpha value is -1.03. The third-order valence-electron chi connectivity index (χ3n) is 7.03. The van der Waals surface area contributed by atoms with Crippen LogP contribution in [0.3, 0.4) is 0 Å². The van der Waals surface area contributed by atoms with Crippen LogP contribution in [0.1, 0.15) is 32.1 Å². The Bertz CT molecular complexity index is 725. The van der Waals surface area contributed by atoms with Crippen LogP contribution in [-0.4, -0.2) is 66.0 Å². The molecular formula is C20H26F3N3O2S. The van der Waals surface area contributed by atoms with Crippen molar-refractivity contribution in [3.63, 3.8) is 0 Å². The smallest absolute Gasteiger partial charge is 0.404 e. The summed E-state index contributed by atoms with van der Waals surface area (Å²) in [5.74, 6) is -0.280. The van der Waals surface area contributed by atoms with Crippen LogP contribution in [0, 0.1) is 10.8 Å². The van der Waals surface area contributed by atoms with E-state index in [1.54, 1.807) is 6.07 Å². The molecule has 2 spiro atoms. The van der Waals surface area contributed by atoms with Gasteiger partial charge >= 0.3 is 6.36 Å². The molecule has 1 aliphatic carbocycles. The van der Waals surface area contributed by atoms with Gasteiger partial charge in [0.05, 0.1) is 19.4 Å². The zero-order valence-electron chi connectivity index (χ0n) is 16.3. The number of likely N-dealkylation sites (tertiary alicyclic amines) is 1. The van der Waals surface area contributed by atoms with Gasteiger partial charge in [-0.2, -0.15) is 0 Å². The number of alkyl halides is 3. The number of hydrogen-bond acceptors (Lipinski definition) is 6. The number of ether oxygens (including phenoxy) is 2. The Balaban J connectivity index is 1.09. The third-order valence-corrected chi connectivity index (χ3v) is 8.09. The van der Waals surface area contributed by atoms with Gasteiger partial charge in [-0.1, -0.05) is 0 Å². The van der Waals surface area contributed by atoms with Crippen molar-refractivity contribution in [1.82, 2.24) is 14.2 Å². The van der Waals surface area contributed by atoms with Gasteiger partial charge < -0.3 is 9.47 Å². The monoisotopic (exact) mass is 429 g/mol. The molecule has 5 nitrogen and oxygen atoms in total. The molecule has 4 heterocycles. The summed E-state index contributed by atoms with van der Waals surface area (Å²) in [5, 5.41) is 0.702. The van der Waals surface area contributed by atoms with Gasteiger partial charge in [0.2, 0.25) is 0 Å². The van der Waals surface area contributed by atoms with Crippen LogP contribution in [0.15, 0.2) is 23.4 Å². The summed E-state index contributed by atoms with van der Waals surface area (Å²) in [7, 11) is 0. The average molecular weight is 430 g/mol. The van der Waals surface area contributed by atoms with Crippen molar-refractivity contribution < 1.29 is 22.6 Å². The van der Waals surface area contributed by atoms with Crippen LogP contribution in [0.5, 0.6) is 5.75 Å². The van der Waals surface area contributed by atoms with E-state index in [9.17, 15) is 13.2 Å². The Morgan fingerprint density at radius 3 is 2.45 bits per heavy atom. The lowest BCUT2D eigenvalue weighted by atomic mass is 9.75. The molecular weight excluding hydrogens is 403 g/mol. The number of pyridine rings is 1. The van der Waals surface area contributed by atoms with E-state index < -0.39 is 6.36 Å². The summed E-state index contributed by atoms with van der Waals surface area (Å²) < 4.78 is 48.3. The Labute approximate surface area is 173 Å². The van der Waals surface area contributed by atoms with Crippen LogP contribution in [0.25, 0.3) is 0 Å².